The highest BCUT2D eigenvalue weighted by atomic mass is 16.5. The summed E-state index contributed by atoms with van der Waals surface area (Å²) in [4.78, 5) is 0. The van der Waals surface area contributed by atoms with Gasteiger partial charge in [0.1, 0.15) is 11.4 Å². The van der Waals surface area contributed by atoms with Crippen LogP contribution in [0, 0.1) is 6.92 Å². The molecule has 15 heavy (non-hydrogen) atoms. The van der Waals surface area contributed by atoms with Gasteiger partial charge >= 0.3 is 0 Å². The Morgan fingerprint density at radius 1 is 1.33 bits per heavy atom. The van der Waals surface area contributed by atoms with Gasteiger partial charge in [-0.1, -0.05) is 18.2 Å². The first kappa shape index (κ1) is 11.6. The van der Waals surface area contributed by atoms with E-state index < -0.39 is 0 Å². The zero-order valence-electron chi connectivity index (χ0n) is 9.92. The highest BCUT2D eigenvalue weighted by molar-refractivity contribution is 5.57. The van der Waals surface area contributed by atoms with E-state index in [1.54, 1.807) is 0 Å². The molecule has 0 aliphatic rings. The number of aryl methyl sites for hydroxylation is 1. The number of ether oxygens (including phenoxy) is 1. The molecule has 1 rings (SSSR count). The highest BCUT2D eigenvalue weighted by Crippen LogP contribution is 2.25. The van der Waals surface area contributed by atoms with Gasteiger partial charge < -0.3 is 4.74 Å². The molecule has 1 heteroatoms. The fourth-order valence-electron chi connectivity index (χ4n) is 1.31. The normalized spacial score (nSPS) is 10.7. The van der Waals surface area contributed by atoms with E-state index in [1.807, 2.05) is 39.0 Å². The second-order valence-electron chi connectivity index (χ2n) is 4.60. The van der Waals surface area contributed by atoms with Crippen molar-refractivity contribution in [3.63, 3.8) is 0 Å². The Labute approximate surface area is 92.1 Å². The van der Waals surface area contributed by atoms with Gasteiger partial charge in [0, 0.05) is 5.56 Å². The van der Waals surface area contributed by atoms with Crippen LogP contribution in [0.4, 0.5) is 0 Å². The van der Waals surface area contributed by atoms with E-state index in [0.717, 1.165) is 11.3 Å². The van der Waals surface area contributed by atoms with Crippen LogP contribution < -0.4 is 4.74 Å². The van der Waals surface area contributed by atoms with Crippen LogP contribution in [-0.4, -0.2) is 5.60 Å². The molecule has 1 aromatic rings. The van der Waals surface area contributed by atoms with E-state index in [2.05, 4.69) is 25.3 Å². The van der Waals surface area contributed by atoms with E-state index in [0.29, 0.717) is 0 Å². The smallest absolute Gasteiger partial charge is 0.127 e. The minimum atomic E-state index is -0.182. The van der Waals surface area contributed by atoms with Gasteiger partial charge in [0.25, 0.3) is 0 Å². The van der Waals surface area contributed by atoms with E-state index in [-0.39, 0.29) is 5.60 Å². The van der Waals surface area contributed by atoms with Gasteiger partial charge in [-0.3, -0.25) is 0 Å². The predicted octanol–water partition coefficient (Wildman–Crippen LogP) is 3.97. The van der Waals surface area contributed by atoms with Crippen molar-refractivity contribution in [2.24, 2.45) is 0 Å². The van der Waals surface area contributed by atoms with Crippen molar-refractivity contribution in [3.8, 4) is 5.75 Å². The summed E-state index contributed by atoms with van der Waals surface area (Å²) < 4.78 is 5.84. The molecule has 0 heterocycles. The molecule has 0 bridgehead atoms. The third kappa shape index (κ3) is 3.65. The fraction of sp³-hybridized carbons (Fsp3) is 0.357. The summed E-state index contributed by atoms with van der Waals surface area (Å²) in [6, 6.07) is 6.10. The van der Waals surface area contributed by atoms with Gasteiger partial charge in [0.2, 0.25) is 0 Å². The van der Waals surface area contributed by atoms with Crippen molar-refractivity contribution < 1.29 is 4.74 Å². The van der Waals surface area contributed by atoms with E-state index in [4.69, 9.17) is 4.74 Å². The van der Waals surface area contributed by atoms with Crippen molar-refractivity contribution in [2.45, 2.75) is 33.3 Å². The minimum Gasteiger partial charge on any atom is -0.488 e. The minimum absolute atomic E-state index is 0.182. The molecule has 0 N–H and O–H groups in total. The number of hydrogen-bond donors (Lipinski definition) is 0. The lowest BCUT2D eigenvalue weighted by Crippen LogP contribution is -2.23. The van der Waals surface area contributed by atoms with Crippen LogP contribution >= 0.6 is 0 Å². The Morgan fingerprint density at radius 2 is 2.00 bits per heavy atom. The van der Waals surface area contributed by atoms with Gasteiger partial charge in [0.05, 0.1) is 0 Å². The molecule has 0 aliphatic heterocycles. The summed E-state index contributed by atoms with van der Waals surface area (Å²) in [5.41, 5.74) is 4.83. The molecule has 0 amide bonds. The Balaban J connectivity index is 3.11. The monoisotopic (exact) mass is 202 g/mol. The molecule has 1 aromatic carbocycles. The van der Waals surface area contributed by atoms with E-state index in [9.17, 15) is 0 Å². The van der Waals surface area contributed by atoms with Crippen molar-refractivity contribution in [1.29, 1.82) is 0 Å². The van der Waals surface area contributed by atoms with E-state index in [1.165, 1.54) is 5.56 Å². The Bertz CT molecular complexity index is 390. The van der Waals surface area contributed by atoms with Crippen molar-refractivity contribution in [1.82, 2.24) is 0 Å². The average Bonchev–Trinajstić information content (AvgIpc) is 2.08. The summed E-state index contributed by atoms with van der Waals surface area (Å²) in [6.07, 6.45) is 1.84. The molecule has 0 saturated heterocycles. The maximum absolute atomic E-state index is 5.84. The fourth-order valence-corrected chi connectivity index (χ4v) is 1.31. The summed E-state index contributed by atoms with van der Waals surface area (Å²) in [7, 11) is 0. The lowest BCUT2D eigenvalue weighted by atomic mass is 10.1. The molecule has 0 radical (unpaired) electrons. The molecule has 0 saturated carbocycles. The second-order valence-corrected chi connectivity index (χ2v) is 4.60. The van der Waals surface area contributed by atoms with Gasteiger partial charge in [0.15, 0.2) is 0 Å². The molecular weight excluding hydrogens is 184 g/mol. The maximum atomic E-state index is 5.84. The van der Waals surface area contributed by atoms with Crippen LogP contribution in [0.25, 0.3) is 6.08 Å². The molecular formula is C14H18O. The largest absolute Gasteiger partial charge is 0.488 e. The molecule has 0 spiro atoms. The van der Waals surface area contributed by atoms with Crippen LogP contribution in [0.15, 0.2) is 30.5 Å². The summed E-state index contributed by atoms with van der Waals surface area (Å²) >= 11 is 0. The third-order valence-electron chi connectivity index (χ3n) is 1.84. The first-order chi connectivity index (χ1) is 6.92. The summed E-state index contributed by atoms with van der Waals surface area (Å²) in [5, 5.41) is 0. The first-order valence-electron chi connectivity index (χ1n) is 5.08. The van der Waals surface area contributed by atoms with Gasteiger partial charge in [-0.2, -0.15) is 0 Å². The van der Waals surface area contributed by atoms with Crippen LogP contribution in [-0.2, 0) is 0 Å². The second kappa shape index (κ2) is 4.37. The topological polar surface area (TPSA) is 9.23 Å². The van der Waals surface area contributed by atoms with Crippen molar-refractivity contribution in [2.75, 3.05) is 0 Å². The van der Waals surface area contributed by atoms with Gasteiger partial charge in [-0.15, -0.1) is 5.73 Å². The highest BCUT2D eigenvalue weighted by Gasteiger charge is 2.13. The van der Waals surface area contributed by atoms with E-state index >= 15 is 0 Å². The molecule has 1 nitrogen and oxygen atoms in total. The Morgan fingerprint density at radius 3 is 2.53 bits per heavy atom. The Kier molecular flexibility index (Phi) is 3.39. The molecule has 0 aliphatic carbocycles. The summed E-state index contributed by atoms with van der Waals surface area (Å²) in [5.74, 6) is 0.879. The zero-order valence-corrected chi connectivity index (χ0v) is 9.92. The number of rotatable bonds is 2. The molecule has 0 unspecified atom stereocenters. The quantitative estimate of drug-likeness (QED) is 0.659. The maximum Gasteiger partial charge on any atom is 0.127 e. The first-order valence-corrected chi connectivity index (χ1v) is 5.08. The molecule has 0 fully saturated rings. The van der Waals surface area contributed by atoms with Crippen LogP contribution in [0.1, 0.15) is 31.9 Å². The molecule has 80 valence electrons. The lowest BCUT2D eigenvalue weighted by molar-refractivity contribution is 0.130. The van der Waals surface area contributed by atoms with Crippen LogP contribution in [0.2, 0.25) is 0 Å². The average molecular weight is 202 g/mol. The third-order valence-corrected chi connectivity index (χ3v) is 1.84. The molecule has 0 atom stereocenters. The van der Waals surface area contributed by atoms with Crippen molar-refractivity contribution >= 4 is 6.08 Å². The zero-order chi connectivity index (χ0) is 11.5. The van der Waals surface area contributed by atoms with Crippen molar-refractivity contribution in [3.05, 3.63) is 41.6 Å². The number of benzene rings is 1. The lowest BCUT2D eigenvalue weighted by Gasteiger charge is -2.22. The van der Waals surface area contributed by atoms with Crippen LogP contribution in [0.3, 0.4) is 0 Å². The van der Waals surface area contributed by atoms with Crippen LogP contribution in [0.5, 0.6) is 5.75 Å². The van der Waals surface area contributed by atoms with Gasteiger partial charge in [-0.05, 0) is 45.9 Å². The standard InChI is InChI=1S/C14H18O/c1-6-7-12-10-11(2)8-9-13(12)15-14(3,4)5/h7-10H,1H2,2-5H3. The molecule has 0 aromatic heterocycles. The number of hydrogen-bond acceptors (Lipinski definition) is 1. The summed E-state index contributed by atoms with van der Waals surface area (Å²) in [6.45, 7) is 11.8. The Hall–Kier alpha value is -1.46. The SMILES string of the molecule is C=C=Cc1cc(C)ccc1OC(C)(C)C. The van der Waals surface area contributed by atoms with Gasteiger partial charge in [-0.25, -0.2) is 0 Å². The predicted molar refractivity (Wildman–Crippen MR) is 65.2 cm³/mol.